The Hall–Kier alpha value is -0.530. The first-order chi connectivity index (χ1) is 6.36. The van der Waals surface area contributed by atoms with Crippen LogP contribution in [0.1, 0.15) is 25.8 Å². The average Bonchev–Trinajstić information content (AvgIpc) is 2.19. The third kappa shape index (κ3) is 4.64. The van der Waals surface area contributed by atoms with Gasteiger partial charge in [0.15, 0.2) is 0 Å². The van der Waals surface area contributed by atoms with Crippen molar-refractivity contribution < 1.29 is 0 Å². The summed E-state index contributed by atoms with van der Waals surface area (Å²) in [6.07, 6.45) is 1.24. The van der Waals surface area contributed by atoms with Gasteiger partial charge in [0.1, 0.15) is 0 Å². The number of hydrogen-bond donors (Lipinski definition) is 0. The predicted molar refractivity (Wildman–Crippen MR) is 64.9 cm³/mol. The average molecular weight is 214 g/mol. The fourth-order valence-corrected chi connectivity index (χ4v) is 1.51. The van der Waals surface area contributed by atoms with Crippen molar-refractivity contribution in [2.75, 3.05) is 13.1 Å². The smallest absolute Gasteiger partial charge is 0.0233 e. The topological polar surface area (TPSA) is 3.24 Å². The first-order valence-corrected chi connectivity index (χ1v) is 5.13. The maximum absolute atomic E-state index is 2.47. The van der Waals surface area contributed by atoms with Gasteiger partial charge in [-0.1, -0.05) is 44.2 Å². The van der Waals surface area contributed by atoms with Gasteiger partial charge >= 0.3 is 0 Å². The third-order valence-corrected chi connectivity index (χ3v) is 2.24. The highest BCUT2D eigenvalue weighted by atomic mass is 35.5. The second-order valence-corrected chi connectivity index (χ2v) is 3.35. The van der Waals surface area contributed by atoms with Crippen molar-refractivity contribution in [3.63, 3.8) is 0 Å². The quantitative estimate of drug-likeness (QED) is 0.725. The highest BCUT2D eigenvalue weighted by Crippen LogP contribution is 2.04. The van der Waals surface area contributed by atoms with Crippen molar-refractivity contribution in [3.05, 3.63) is 35.9 Å². The molecule has 0 fully saturated rings. The summed E-state index contributed by atoms with van der Waals surface area (Å²) in [4.78, 5) is 2.47. The Morgan fingerprint density at radius 2 is 1.71 bits per heavy atom. The first-order valence-electron chi connectivity index (χ1n) is 5.13. The molecule has 0 heterocycles. The Labute approximate surface area is 93.5 Å². The van der Waals surface area contributed by atoms with Crippen molar-refractivity contribution in [2.24, 2.45) is 0 Å². The minimum absolute atomic E-state index is 0. The Morgan fingerprint density at radius 3 is 2.21 bits per heavy atom. The van der Waals surface area contributed by atoms with Gasteiger partial charge in [0, 0.05) is 6.54 Å². The molecular weight excluding hydrogens is 194 g/mol. The number of halogens is 1. The van der Waals surface area contributed by atoms with E-state index in [1.54, 1.807) is 0 Å². The van der Waals surface area contributed by atoms with Crippen LogP contribution in [0.5, 0.6) is 0 Å². The predicted octanol–water partition coefficient (Wildman–Crippen LogP) is 3.34. The molecule has 1 aromatic rings. The fourth-order valence-electron chi connectivity index (χ4n) is 1.51. The molecule has 1 aromatic carbocycles. The van der Waals surface area contributed by atoms with Gasteiger partial charge in [-0.15, -0.1) is 12.4 Å². The van der Waals surface area contributed by atoms with Crippen molar-refractivity contribution in [1.29, 1.82) is 0 Å². The van der Waals surface area contributed by atoms with Crippen LogP contribution >= 0.6 is 12.4 Å². The SMILES string of the molecule is CCCN(CC)Cc1ccccc1.Cl. The molecule has 0 aliphatic rings. The molecule has 0 amide bonds. The molecule has 0 saturated carbocycles. The molecule has 2 heteroatoms. The van der Waals surface area contributed by atoms with Gasteiger partial charge in [-0.2, -0.15) is 0 Å². The lowest BCUT2D eigenvalue weighted by Crippen LogP contribution is -2.23. The Bertz CT molecular complexity index is 223. The van der Waals surface area contributed by atoms with Gasteiger partial charge < -0.3 is 0 Å². The van der Waals surface area contributed by atoms with Gasteiger partial charge in [-0.05, 0) is 25.1 Å². The van der Waals surface area contributed by atoms with Gasteiger partial charge in [-0.25, -0.2) is 0 Å². The van der Waals surface area contributed by atoms with Crippen LogP contribution in [0.15, 0.2) is 30.3 Å². The van der Waals surface area contributed by atoms with Crippen molar-refractivity contribution in [3.8, 4) is 0 Å². The Kier molecular flexibility index (Phi) is 7.54. The molecular formula is C12H20ClN. The monoisotopic (exact) mass is 213 g/mol. The van der Waals surface area contributed by atoms with E-state index in [4.69, 9.17) is 0 Å². The number of rotatable bonds is 5. The van der Waals surface area contributed by atoms with Crippen molar-refractivity contribution in [1.82, 2.24) is 4.90 Å². The molecule has 0 saturated heterocycles. The minimum Gasteiger partial charge on any atom is -0.299 e. The van der Waals surface area contributed by atoms with Crippen LogP contribution in [0.25, 0.3) is 0 Å². The highest BCUT2D eigenvalue weighted by Gasteiger charge is 2.00. The summed E-state index contributed by atoms with van der Waals surface area (Å²) in [6, 6.07) is 10.7. The molecule has 1 rings (SSSR count). The molecule has 0 atom stereocenters. The maximum atomic E-state index is 2.47. The van der Waals surface area contributed by atoms with E-state index in [0.29, 0.717) is 0 Å². The van der Waals surface area contributed by atoms with E-state index >= 15 is 0 Å². The van der Waals surface area contributed by atoms with E-state index in [1.807, 2.05) is 0 Å². The van der Waals surface area contributed by atoms with E-state index in [2.05, 4.69) is 49.1 Å². The molecule has 0 unspecified atom stereocenters. The summed E-state index contributed by atoms with van der Waals surface area (Å²) < 4.78 is 0. The first kappa shape index (κ1) is 13.5. The summed E-state index contributed by atoms with van der Waals surface area (Å²) in [6.45, 7) is 7.88. The highest BCUT2D eigenvalue weighted by molar-refractivity contribution is 5.85. The molecule has 0 bridgehead atoms. The minimum atomic E-state index is 0. The molecule has 0 N–H and O–H groups in total. The normalized spacial score (nSPS) is 9.93. The Balaban J connectivity index is 0.00000169. The standard InChI is InChI=1S/C12H19N.ClH/c1-3-10-13(4-2)11-12-8-6-5-7-9-12;/h5-9H,3-4,10-11H2,1-2H3;1H. The molecule has 80 valence electrons. The van der Waals surface area contributed by atoms with Crippen LogP contribution in [0.3, 0.4) is 0 Å². The molecule has 14 heavy (non-hydrogen) atoms. The molecule has 0 aliphatic heterocycles. The maximum Gasteiger partial charge on any atom is 0.0233 e. The zero-order valence-corrected chi connectivity index (χ0v) is 9.89. The zero-order valence-electron chi connectivity index (χ0n) is 9.07. The van der Waals surface area contributed by atoms with Crippen LogP contribution in [-0.2, 0) is 6.54 Å². The van der Waals surface area contributed by atoms with E-state index in [0.717, 1.165) is 13.1 Å². The lowest BCUT2D eigenvalue weighted by molar-refractivity contribution is 0.280. The number of hydrogen-bond acceptors (Lipinski definition) is 1. The summed E-state index contributed by atoms with van der Waals surface area (Å²) in [5.74, 6) is 0. The number of nitrogens with zero attached hydrogens (tertiary/aromatic N) is 1. The van der Waals surface area contributed by atoms with Crippen LogP contribution in [0.4, 0.5) is 0 Å². The van der Waals surface area contributed by atoms with Crippen molar-refractivity contribution in [2.45, 2.75) is 26.8 Å². The summed E-state index contributed by atoms with van der Waals surface area (Å²) in [7, 11) is 0. The second-order valence-electron chi connectivity index (χ2n) is 3.35. The molecule has 0 aromatic heterocycles. The zero-order chi connectivity index (χ0) is 9.52. The molecule has 0 spiro atoms. The van der Waals surface area contributed by atoms with Crippen LogP contribution in [-0.4, -0.2) is 18.0 Å². The fraction of sp³-hybridized carbons (Fsp3) is 0.500. The largest absolute Gasteiger partial charge is 0.299 e. The molecule has 0 radical (unpaired) electrons. The summed E-state index contributed by atoms with van der Waals surface area (Å²) in [5, 5.41) is 0. The Morgan fingerprint density at radius 1 is 1.07 bits per heavy atom. The van der Waals surface area contributed by atoms with E-state index in [9.17, 15) is 0 Å². The van der Waals surface area contributed by atoms with Crippen molar-refractivity contribution >= 4 is 12.4 Å². The van der Waals surface area contributed by atoms with Crippen LogP contribution in [0.2, 0.25) is 0 Å². The van der Waals surface area contributed by atoms with Gasteiger partial charge in [0.2, 0.25) is 0 Å². The van der Waals surface area contributed by atoms with Gasteiger partial charge in [-0.3, -0.25) is 4.90 Å². The summed E-state index contributed by atoms with van der Waals surface area (Å²) in [5.41, 5.74) is 1.41. The second kappa shape index (κ2) is 7.84. The van der Waals surface area contributed by atoms with Gasteiger partial charge in [0.25, 0.3) is 0 Å². The number of benzene rings is 1. The lowest BCUT2D eigenvalue weighted by atomic mass is 10.2. The third-order valence-electron chi connectivity index (χ3n) is 2.24. The van der Waals surface area contributed by atoms with E-state index in [1.165, 1.54) is 18.5 Å². The van der Waals surface area contributed by atoms with Crippen LogP contribution in [0, 0.1) is 0 Å². The molecule has 1 nitrogen and oxygen atoms in total. The van der Waals surface area contributed by atoms with Crippen LogP contribution < -0.4 is 0 Å². The molecule has 0 aliphatic carbocycles. The van der Waals surface area contributed by atoms with E-state index < -0.39 is 0 Å². The lowest BCUT2D eigenvalue weighted by Gasteiger charge is -2.19. The summed E-state index contributed by atoms with van der Waals surface area (Å²) >= 11 is 0. The van der Waals surface area contributed by atoms with E-state index in [-0.39, 0.29) is 12.4 Å². The van der Waals surface area contributed by atoms with Gasteiger partial charge in [0.05, 0.1) is 0 Å².